The van der Waals surface area contributed by atoms with E-state index >= 15 is 4.39 Å². The van der Waals surface area contributed by atoms with Crippen molar-refractivity contribution in [2.45, 2.75) is 64.3 Å². The molecule has 5 atom stereocenters. The third-order valence-electron chi connectivity index (χ3n) is 5.02. The van der Waals surface area contributed by atoms with Crippen LogP contribution in [0.3, 0.4) is 0 Å². The van der Waals surface area contributed by atoms with Crippen LogP contribution in [-0.2, 0) is 23.4 Å². The Hall–Kier alpha value is -2.79. The van der Waals surface area contributed by atoms with Gasteiger partial charge >= 0.3 is 19.4 Å². The first kappa shape index (κ1) is 26.8. The van der Waals surface area contributed by atoms with Crippen LogP contribution in [0.25, 0.3) is 0 Å². The van der Waals surface area contributed by atoms with Gasteiger partial charge in [-0.15, -0.1) is 0 Å². The van der Waals surface area contributed by atoms with E-state index in [1.165, 1.54) is 13.8 Å². The van der Waals surface area contributed by atoms with Gasteiger partial charge in [0.1, 0.15) is 11.8 Å². The van der Waals surface area contributed by atoms with Crippen LogP contribution in [0, 0.1) is 0 Å². The fourth-order valence-corrected chi connectivity index (χ4v) is 5.02. The van der Waals surface area contributed by atoms with Gasteiger partial charge in [-0.3, -0.25) is 23.7 Å². The summed E-state index contributed by atoms with van der Waals surface area (Å²) in [6.45, 7) is 5.67. The van der Waals surface area contributed by atoms with E-state index in [9.17, 15) is 18.9 Å². The zero-order valence-electron chi connectivity index (χ0n) is 19.8. The number of alkyl halides is 1. The highest BCUT2D eigenvalue weighted by atomic mass is 31.2. The summed E-state index contributed by atoms with van der Waals surface area (Å²) >= 11 is 0. The number of ether oxygens (including phenoxy) is 2. The Balaban J connectivity index is 1.75. The fraction of sp³-hybridized carbons (Fsp3) is 0.500. The molecule has 0 spiro atoms. The van der Waals surface area contributed by atoms with Crippen LogP contribution >= 0.6 is 7.75 Å². The number of H-pyrrole nitrogens is 1. The number of hydrogen-bond donors (Lipinski definition) is 2. The van der Waals surface area contributed by atoms with Gasteiger partial charge < -0.3 is 14.0 Å². The van der Waals surface area contributed by atoms with Crippen LogP contribution in [0.2, 0.25) is 0 Å². The minimum absolute atomic E-state index is 0.195. The molecule has 0 radical (unpaired) electrons. The fourth-order valence-electron chi connectivity index (χ4n) is 3.50. The zero-order chi connectivity index (χ0) is 25.8. The van der Waals surface area contributed by atoms with Gasteiger partial charge in [0.05, 0.1) is 18.8 Å². The van der Waals surface area contributed by atoms with Crippen LogP contribution < -0.4 is 20.9 Å². The molecule has 11 nitrogen and oxygen atoms in total. The highest BCUT2D eigenvalue weighted by molar-refractivity contribution is 7.52. The summed E-state index contributed by atoms with van der Waals surface area (Å²) in [7, 11) is -4.17. The first-order valence-corrected chi connectivity index (χ1v) is 12.6. The highest BCUT2D eigenvalue weighted by Crippen LogP contribution is 2.47. The summed E-state index contributed by atoms with van der Waals surface area (Å²) in [4.78, 5) is 37.7. The van der Waals surface area contributed by atoms with Gasteiger partial charge in [0, 0.05) is 18.7 Å². The van der Waals surface area contributed by atoms with E-state index in [1.807, 2.05) is 0 Å². The molecule has 1 aliphatic rings. The molecule has 13 heteroatoms. The van der Waals surface area contributed by atoms with Crippen LogP contribution in [0.15, 0.2) is 52.2 Å². The molecule has 192 valence electrons. The summed E-state index contributed by atoms with van der Waals surface area (Å²) in [6, 6.07) is 8.20. The standard InChI is InChI=1S/C22H29FN3O8P/c1-14(2)32-19(28)15(3)25-35(30,34-16-8-6-5-7-9-16)31-13-17-12-22(4,23)20(33-17)26-11-10-18(27)24-21(26)29/h5-11,14-15,17,20H,12-13H2,1-4H3,(H,25,30)(H,24,27,29)/t15-,17?,20+,22+,35+/m0/s1. The van der Waals surface area contributed by atoms with Gasteiger partial charge in [-0.05, 0) is 39.8 Å². The summed E-state index contributed by atoms with van der Waals surface area (Å²) < 4.78 is 51.7. The maximum absolute atomic E-state index is 15.3. The van der Waals surface area contributed by atoms with E-state index in [4.69, 9.17) is 18.5 Å². The average molecular weight is 513 g/mol. The Morgan fingerprint density at radius 2 is 1.97 bits per heavy atom. The van der Waals surface area contributed by atoms with Crippen LogP contribution in [-0.4, -0.2) is 46.0 Å². The molecule has 2 aromatic rings. The third kappa shape index (κ3) is 7.11. The van der Waals surface area contributed by atoms with Crippen molar-refractivity contribution in [1.29, 1.82) is 0 Å². The van der Waals surface area contributed by atoms with E-state index in [-0.39, 0.29) is 24.9 Å². The Kier molecular flexibility index (Phi) is 8.32. The number of rotatable bonds is 10. The predicted octanol–water partition coefficient (Wildman–Crippen LogP) is 2.69. The van der Waals surface area contributed by atoms with Crippen molar-refractivity contribution in [1.82, 2.24) is 14.6 Å². The summed E-state index contributed by atoms with van der Waals surface area (Å²) in [5, 5.41) is 2.54. The lowest BCUT2D eigenvalue weighted by Crippen LogP contribution is -2.38. The molecule has 3 rings (SSSR count). The Morgan fingerprint density at radius 1 is 1.29 bits per heavy atom. The number of benzene rings is 1. The molecular weight excluding hydrogens is 484 g/mol. The Bertz CT molecular complexity index is 1180. The minimum Gasteiger partial charge on any atom is -0.462 e. The van der Waals surface area contributed by atoms with Crippen molar-refractivity contribution in [2.24, 2.45) is 0 Å². The number of hydrogen-bond acceptors (Lipinski definition) is 8. The molecule has 2 N–H and O–H groups in total. The second kappa shape index (κ2) is 10.9. The van der Waals surface area contributed by atoms with Crippen LogP contribution in [0.4, 0.5) is 4.39 Å². The first-order chi connectivity index (χ1) is 16.4. The normalized spacial score (nSPS) is 24.6. The molecule has 0 bridgehead atoms. The van der Waals surface area contributed by atoms with Crippen molar-refractivity contribution in [3.8, 4) is 5.75 Å². The van der Waals surface area contributed by atoms with Gasteiger partial charge in [0.25, 0.3) is 5.56 Å². The number of nitrogens with one attached hydrogen (secondary N) is 2. The minimum atomic E-state index is -4.17. The van der Waals surface area contributed by atoms with Crippen molar-refractivity contribution in [3.63, 3.8) is 0 Å². The first-order valence-electron chi connectivity index (χ1n) is 11.0. The second-order valence-electron chi connectivity index (χ2n) is 8.64. The van der Waals surface area contributed by atoms with E-state index in [0.29, 0.717) is 0 Å². The number of nitrogens with zero attached hydrogens (tertiary/aromatic N) is 1. The maximum atomic E-state index is 15.3. The van der Waals surface area contributed by atoms with Gasteiger partial charge in [0.2, 0.25) is 0 Å². The maximum Gasteiger partial charge on any atom is 0.459 e. The molecule has 0 saturated carbocycles. The van der Waals surface area contributed by atoms with E-state index < -0.39 is 49.0 Å². The Labute approximate surface area is 201 Å². The third-order valence-corrected chi connectivity index (χ3v) is 6.67. The van der Waals surface area contributed by atoms with Crippen LogP contribution in [0.1, 0.15) is 40.3 Å². The number of aromatic amines is 1. The zero-order valence-corrected chi connectivity index (χ0v) is 20.7. The predicted molar refractivity (Wildman–Crippen MR) is 124 cm³/mol. The highest BCUT2D eigenvalue weighted by Gasteiger charge is 2.48. The number of carbonyl (C=O) groups excluding carboxylic acids is 1. The van der Waals surface area contributed by atoms with Gasteiger partial charge in [-0.25, -0.2) is 13.8 Å². The number of aromatic nitrogens is 2. The molecule has 1 aromatic carbocycles. The van der Waals surface area contributed by atoms with E-state index in [0.717, 1.165) is 16.8 Å². The van der Waals surface area contributed by atoms with Crippen molar-refractivity contribution in [2.75, 3.05) is 6.61 Å². The number of esters is 1. The summed E-state index contributed by atoms with van der Waals surface area (Å²) in [5.74, 6) is -0.445. The molecule has 0 amide bonds. The molecule has 1 unspecified atom stereocenters. The molecule has 1 aromatic heterocycles. The molecule has 1 aliphatic heterocycles. The topological polar surface area (TPSA) is 138 Å². The van der Waals surface area contributed by atoms with Crippen LogP contribution in [0.5, 0.6) is 5.75 Å². The molecule has 1 fully saturated rings. The largest absolute Gasteiger partial charge is 0.462 e. The monoisotopic (exact) mass is 513 g/mol. The number of halogens is 1. The molecule has 1 saturated heterocycles. The number of para-hydroxylation sites is 1. The van der Waals surface area contributed by atoms with Gasteiger partial charge in [-0.1, -0.05) is 18.2 Å². The molecule has 35 heavy (non-hydrogen) atoms. The smallest absolute Gasteiger partial charge is 0.459 e. The van der Waals surface area contributed by atoms with Crippen molar-refractivity contribution >= 4 is 13.7 Å². The summed E-state index contributed by atoms with van der Waals surface area (Å²) in [5.41, 5.74) is -3.45. The van der Waals surface area contributed by atoms with Gasteiger partial charge in [-0.2, -0.15) is 5.09 Å². The Morgan fingerprint density at radius 3 is 2.60 bits per heavy atom. The second-order valence-corrected chi connectivity index (χ2v) is 10.3. The van der Waals surface area contributed by atoms with E-state index in [2.05, 4.69) is 10.1 Å². The molecule has 2 heterocycles. The van der Waals surface area contributed by atoms with E-state index in [1.54, 1.807) is 44.2 Å². The SMILES string of the molecule is CC(C)OC(=O)[C@H](C)N[P@@](=O)(OCC1C[C@@](C)(F)[C@H](n2ccc(=O)[nH]c2=O)O1)Oc1ccccc1. The number of carbonyl (C=O) groups is 1. The average Bonchev–Trinajstić information content (AvgIpc) is 3.06. The summed E-state index contributed by atoms with van der Waals surface area (Å²) in [6.07, 6.45) is -1.70. The molecular formula is C22H29FN3O8P. The lowest BCUT2D eigenvalue weighted by Gasteiger charge is -2.24. The van der Waals surface area contributed by atoms with Crippen molar-refractivity contribution < 1.29 is 32.3 Å². The molecule has 0 aliphatic carbocycles. The lowest BCUT2D eigenvalue weighted by atomic mass is 10.0. The lowest BCUT2D eigenvalue weighted by molar-refractivity contribution is -0.149. The van der Waals surface area contributed by atoms with Gasteiger partial charge in [0.15, 0.2) is 11.9 Å². The quantitative estimate of drug-likeness (QED) is 0.363. The van der Waals surface area contributed by atoms with Crippen molar-refractivity contribution in [3.05, 3.63) is 63.4 Å².